The van der Waals surface area contributed by atoms with Gasteiger partial charge < -0.3 is 4.98 Å². The third-order valence-electron chi connectivity index (χ3n) is 4.12. The lowest BCUT2D eigenvalue weighted by Gasteiger charge is -2.22. The molecule has 0 amide bonds. The van der Waals surface area contributed by atoms with E-state index < -0.39 is 0 Å². The normalized spacial score (nSPS) is 18.6. The summed E-state index contributed by atoms with van der Waals surface area (Å²) in [5.74, 6) is 1.69. The van der Waals surface area contributed by atoms with Crippen molar-refractivity contribution < 1.29 is 0 Å². The van der Waals surface area contributed by atoms with E-state index in [9.17, 15) is 0 Å². The standard InChI is InChI=1S/C16H18N6S/c1-11-7-13(15-17-4-5-18-15)21-16(20-11)14-3-2-6-22(14)8-12-9-23-10-19-12/h4-5,7,9-10,14H,2-3,6,8H2,1H3,(H,17,18). The number of aromatic amines is 1. The lowest BCUT2D eigenvalue weighted by Crippen LogP contribution is -2.24. The predicted molar refractivity (Wildman–Crippen MR) is 88.8 cm³/mol. The SMILES string of the molecule is Cc1cc(-c2ncc[nH]2)nc(C2CCCN2Cc2cscn2)n1. The number of nitrogens with one attached hydrogen (secondary N) is 1. The van der Waals surface area contributed by atoms with Crippen LogP contribution in [0.15, 0.2) is 29.4 Å². The molecule has 1 atom stereocenters. The van der Waals surface area contributed by atoms with Crippen LogP contribution >= 0.6 is 11.3 Å². The third kappa shape index (κ3) is 3.02. The molecule has 1 N–H and O–H groups in total. The van der Waals surface area contributed by atoms with Gasteiger partial charge in [-0.05, 0) is 32.4 Å². The maximum absolute atomic E-state index is 4.77. The Kier molecular flexibility index (Phi) is 3.88. The zero-order valence-electron chi connectivity index (χ0n) is 12.9. The minimum absolute atomic E-state index is 0.255. The summed E-state index contributed by atoms with van der Waals surface area (Å²) in [6.45, 7) is 3.94. The van der Waals surface area contributed by atoms with Gasteiger partial charge in [-0.3, -0.25) is 4.90 Å². The van der Waals surface area contributed by atoms with Gasteiger partial charge in [-0.2, -0.15) is 0 Å². The summed E-state index contributed by atoms with van der Waals surface area (Å²) in [6.07, 6.45) is 5.82. The van der Waals surface area contributed by atoms with E-state index in [1.807, 2.05) is 24.7 Å². The first kappa shape index (κ1) is 14.5. The van der Waals surface area contributed by atoms with Crippen molar-refractivity contribution in [2.75, 3.05) is 6.54 Å². The molecule has 1 aliphatic rings. The Morgan fingerprint density at radius 1 is 1.35 bits per heavy atom. The molecule has 7 heteroatoms. The Hall–Kier alpha value is -2.12. The van der Waals surface area contributed by atoms with Crippen molar-refractivity contribution in [1.82, 2.24) is 29.8 Å². The van der Waals surface area contributed by atoms with Gasteiger partial charge in [-0.1, -0.05) is 0 Å². The second-order valence-electron chi connectivity index (χ2n) is 5.80. The fraction of sp³-hybridized carbons (Fsp3) is 0.375. The molecule has 0 aromatic carbocycles. The summed E-state index contributed by atoms with van der Waals surface area (Å²) < 4.78 is 0. The van der Waals surface area contributed by atoms with E-state index in [0.717, 1.165) is 48.2 Å². The Balaban J connectivity index is 1.63. The van der Waals surface area contributed by atoms with Crippen LogP contribution in [0.5, 0.6) is 0 Å². The Morgan fingerprint density at radius 2 is 2.30 bits per heavy atom. The van der Waals surface area contributed by atoms with E-state index in [-0.39, 0.29) is 6.04 Å². The minimum atomic E-state index is 0.255. The molecule has 4 rings (SSSR count). The highest BCUT2D eigenvalue weighted by Gasteiger charge is 2.29. The van der Waals surface area contributed by atoms with Gasteiger partial charge in [0.1, 0.15) is 11.5 Å². The number of imidazole rings is 1. The molecule has 4 heterocycles. The van der Waals surface area contributed by atoms with Crippen LogP contribution < -0.4 is 0 Å². The number of thiazole rings is 1. The number of likely N-dealkylation sites (tertiary alicyclic amines) is 1. The van der Waals surface area contributed by atoms with Gasteiger partial charge >= 0.3 is 0 Å². The molecule has 0 bridgehead atoms. The van der Waals surface area contributed by atoms with Crippen molar-refractivity contribution in [2.24, 2.45) is 0 Å². The van der Waals surface area contributed by atoms with Crippen LogP contribution in [0.2, 0.25) is 0 Å². The molecule has 118 valence electrons. The van der Waals surface area contributed by atoms with E-state index in [1.54, 1.807) is 17.5 Å². The third-order valence-corrected chi connectivity index (χ3v) is 4.76. The highest BCUT2D eigenvalue weighted by atomic mass is 32.1. The van der Waals surface area contributed by atoms with Crippen molar-refractivity contribution >= 4 is 11.3 Å². The van der Waals surface area contributed by atoms with Crippen molar-refractivity contribution in [1.29, 1.82) is 0 Å². The summed E-state index contributed by atoms with van der Waals surface area (Å²) >= 11 is 1.64. The molecule has 1 saturated heterocycles. The molecule has 23 heavy (non-hydrogen) atoms. The van der Waals surface area contributed by atoms with Crippen molar-refractivity contribution in [3.05, 3.63) is 46.6 Å². The van der Waals surface area contributed by atoms with Gasteiger partial charge in [0.05, 0.1) is 17.2 Å². The van der Waals surface area contributed by atoms with Gasteiger partial charge in [-0.15, -0.1) is 11.3 Å². The molecule has 0 aliphatic carbocycles. The second-order valence-corrected chi connectivity index (χ2v) is 6.52. The second kappa shape index (κ2) is 6.17. The predicted octanol–water partition coefficient (Wildman–Crippen LogP) is 2.97. The number of H-pyrrole nitrogens is 1. The average Bonchev–Trinajstić information content (AvgIpc) is 3.30. The molecule has 3 aromatic rings. The highest BCUT2D eigenvalue weighted by molar-refractivity contribution is 7.07. The molecule has 1 aliphatic heterocycles. The zero-order chi connectivity index (χ0) is 15.6. The number of hydrogen-bond donors (Lipinski definition) is 1. The number of hydrogen-bond acceptors (Lipinski definition) is 6. The topological polar surface area (TPSA) is 70.6 Å². The van der Waals surface area contributed by atoms with Gasteiger partial charge in [0.2, 0.25) is 0 Å². The molecule has 3 aromatic heterocycles. The van der Waals surface area contributed by atoms with Crippen LogP contribution in [-0.2, 0) is 6.54 Å². The van der Waals surface area contributed by atoms with E-state index in [4.69, 9.17) is 9.97 Å². The zero-order valence-corrected chi connectivity index (χ0v) is 13.8. The van der Waals surface area contributed by atoms with Crippen LogP contribution in [0.25, 0.3) is 11.5 Å². The van der Waals surface area contributed by atoms with Gasteiger partial charge in [0.25, 0.3) is 0 Å². The quantitative estimate of drug-likeness (QED) is 0.798. The molecule has 6 nitrogen and oxygen atoms in total. The maximum atomic E-state index is 4.77. The molecule has 1 unspecified atom stereocenters. The van der Waals surface area contributed by atoms with E-state index in [0.29, 0.717) is 0 Å². The van der Waals surface area contributed by atoms with E-state index in [2.05, 4.69) is 25.2 Å². The molecular formula is C16H18N6S. The summed E-state index contributed by atoms with van der Waals surface area (Å²) in [5.41, 5.74) is 4.85. The monoisotopic (exact) mass is 326 g/mol. The van der Waals surface area contributed by atoms with Crippen molar-refractivity contribution in [2.45, 2.75) is 32.4 Å². The summed E-state index contributed by atoms with van der Waals surface area (Å²) in [7, 11) is 0. The summed E-state index contributed by atoms with van der Waals surface area (Å²) in [4.78, 5) is 23.7. The van der Waals surface area contributed by atoms with Crippen LogP contribution in [0.3, 0.4) is 0 Å². The number of aryl methyl sites for hydroxylation is 1. The van der Waals surface area contributed by atoms with Crippen molar-refractivity contribution in [3.8, 4) is 11.5 Å². The summed E-state index contributed by atoms with van der Waals surface area (Å²) in [5, 5.41) is 2.11. The number of aromatic nitrogens is 5. The van der Waals surface area contributed by atoms with Crippen molar-refractivity contribution in [3.63, 3.8) is 0 Å². The van der Waals surface area contributed by atoms with Crippen LogP contribution in [0.4, 0.5) is 0 Å². The molecule has 0 radical (unpaired) electrons. The van der Waals surface area contributed by atoms with Crippen LogP contribution in [0, 0.1) is 6.92 Å². The first-order valence-corrected chi connectivity index (χ1v) is 8.70. The minimum Gasteiger partial charge on any atom is -0.343 e. The molecule has 0 saturated carbocycles. The lowest BCUT2D eigenvalue weighted by atomic mass is 10.2. The van der Waals surface area contributed by atoms with Gasteiger partial charge in [0.15, 0.2) is 5.82 Å². The number of nitrogens with zero attached hydrogens (tertiary/aromatic N) is 5. The largest absolute Gasteiger partial charge is 0.343 e. The molecular weight excluding hydrogens is 308 g/mol. The lowest BCUT2D eigenvalue weighted by molar-refractivity contribution is 0.237. The average molecular weight is 326 g/mol. The Bertz CT molecular complexity index is 768. The molecule has 0 spiro atoms. The Morgan fingerprint density at radius 3 is 3.09 bits per heavy atom. The smallest absolute Gasteiger partial charge is 0.156 e. The van der Waals surface area contributed by atoms with Crippen LogP contribution in [0.1, 0.15) is 36.1 Å². The maximum Gasteiger partial charge on any atom is 0.156 e. The first-order chi connectivity index (χ1) is 11.3. The van der Waals surface area contributed by atoms with Crippen LogP contribution in [-0.4, -0.2) is 36.4 Å². The first-order valence-electron chi connectivity index (χ1n) is 7.76. The fourth-order valence-electron chi connectivity index (χ4n) is 3.10. The Labute approximate surface area is 138 Å². The fourth-order valence-corrected chi connectivity index (χ4v) is 3.65. The molecule has 1 fully saturated rings. The van der Waals surface area contributed by atoms with Gasteiger partial charge in [0, 0.05) is 30.0 Å². The van der Waals surface area contributed by atoms with E-state index >= 15 is 0 Å². The summed E-state index contributed by atoms with van der Waals surface area (Å²) in [6, 6.07) is 2.23. The highest BCUT2D eigenvalue weighted by Crippen LogP contribution is 2.32. The van der Waals surface area contributed by atoms with Gasteiger partial charge in [-0.25, -0.2) is 19.9 Å². The number of rotatable bonds is 4. The van der Waals surface area contributed by atoms with E-state index in [1.165, 1.54) is 6.42 Å².